The van der Waals surface area contributed by atoms with Gasteiger partial charge < -0.3 is 25.0 Å². The molecule has 1 unspecified atom stereocenters. The van der Waals surface area contributed by atoms with Gasteiger partial charge in [-0.25, -0.2) is 14.0 Å². The number of hydrogen-bond donors (Lipinski definition) is 2. The smallest absolute Gasteiger partial charge is 0.408 e. The van der Waals surface area contributed by atoms with Gasteiger partial charge in [-0.3, -0.25) is 4.79 Å². The van der Waals surface area contributed by atoms with Gasteiger partial charge >= 0.3 is 12.1 Å². The number of carbonyl (C=O) groups is 3. The van der Waals surface area contributed by atoms with E-state index in [1.807, 2.05) is 4.90 Å². The summed E-state index contributed by atoms with van der Waals surface area (Å²) in [5.41, 5.74) is 0.105. The minimum atomic E-state index is -1.26. The fourth-order valence-corrected chi connectivity index (χ4v) is 4.28. The molecule has 2 aromatic carbocycles. The number of ether oxygens (including phenoxy) is 2. The summed E-state index contributed by atoms with van der Waals surface area (Å²) in [5.74, 6) is -1.30. The molecular weight excluding hydrogens is 453 g/mol. The summed E-state index contributed by atoms with van der Waals surface area (Å²) in [6, 6.07) is 11.3. The highest BCUT2D eigenvalue weighted by atomic mass is 19.1. The molecule has 0 saturated carbocycles. The highest BCUT2D eigenvalue weighted by Crippen LogP contribution is 2.33. The first kappa shape index (κ1) is 26.0. The van der Waals surface area contributed by atoms with Crippen molar-refractivity contribution in [3.05, 3.63) is 53.8 Å². The normalized spacial score (nSPS) is 17.9. The Labute approximate surface area is 204 Å². The van der Waals surface area contributed by atoms with Crippen LogP contribution in [0.3, 0.4) is 0 Å². The Morgan fingerprint density at radius 3 is 2.43 bits per heavy atom. The molecule has 1 atom stereocenters. The molecule has 1 heterocycles. The minimum Gasteiger partial charge on any atom is -0.465 e. The second kappa shape index (κ2) is 10.3. The summed E-state index contributed by atoms with van der Waals surface area (Å²) in [5, 5.41) is 5.41. The summed E-state index contributed by atoms with van der Waals surface area (Å²) in [6.45, 7) is 5.91. The van der Waals surface area contributed by atoms with Gasteiger partial charge in [-0.15, -0.1) is 0 Å². The number of nitrogens with zero attached hydrogens (tertiary/aromatic N) is 1. The number of carbonyl (C=O) groups excluding carboxylic acids is 3. The number of likely N-dealkylation sites (N-methyl/N-ethyl adjacent to an activating group) is 1. The fourth-order valence-electron chi connectivity index (χ4n) is 4.28. The first-order chi connectivity index (χ1) is 16.5. The summed E-state index contributed by atoms with van der Waals surface area (Å²) in [6.07, 6.45) is 0.282. The van der Waals surface area contributed by atoms with Crippen LogP contribution in [0.2, 0.25) is 0 Å². The average Bonchev–Trinajstić information content (AvgIpc) is 2.81. The van der Waals surface area contributed by atoms with E-state index < -0.39 is 23.2 Å². The second-order valence-corrected chi connectivity index (χ2v) is 9.55. The van der Waals surface area contributed by atoms with E-state index in [4.69, 9.17) is 9.47 Å². The van der Waals surface area contributed by atoms with Crippen LogP contribution in [0, 0.1) is 5.82 Å². The third-order valence-corrected chi connectivity index (χ3v) is 5.79. The van der Waals surface area contributed by atoms with Crippen LogP contribution < -0.4 is 15.5 Å². The average molecular weight is 486 g/mol. The molecule has 0 aromatic heterocycles. The zero-order chi connectivity index (χ0) is 25.8. The van der Waals surface area contributed by atoms with Crippen LogP contribution in [-0.4, -0.2) is 56.4 Å². The molecule has 9 heteroatoms. The molecule has 1 saturated heterocycles. The summed E-state index contributed by atoms with van der Waals surface area (Å²) in [4.78, 5) is 40.2. The molecule has 0 radical (unpaired) electrons. The van der Waals surface area contributed by atoms with E-state index >= 15 is 0 Å². The number of rotatable bonds is 5. The number of esters is 1. The Bertz CT molecular complexity index is 1110. The van der Waals surface area contributed by atoms with Crippen LogP contribution in [0.4, 0.5) is 14.9 Å². The molecule has 3 rings (SSSR count). The quantitative estimate of drug-likeness (QED) is 0.624. The Balaban J connectivity index is 1.99. The van der Waals surface area contributed by atoms with Gasteiger partial charge in [-0.05, 0) is 69.0 Å². The molecule has 8 nitrogen and oxygen atoms in total. The van der Waals surface area contributed by atoms with Gasteiger partial charge in [0, 0.05) is 13.6 Å². The molecule has 2 amide bonds. The van der Waals surface area contributed by atoms with E-state index in [2.05, 4.69) is 10.6 Å². The van der Waals surface area contributed by atoms with E-state index in [9.17, 15) is 18.8 Å². The predicted molar refractivity (Wildman–Crippen MR) is 131 cm³/mol. The van der Waals surface area contributed by atoms with Gasteiger partial charge in [0.25, 0.3) is 0 Å². The van der Waals surface area contributed by atoms with Crippen molar-refractivity contribution in [3.8, 4) is 11.1 Å². The highest BCUT2D eigenvalue weighted by molar-refractivity contribution is 5.98. The van der Waals surface area contributed by atoms with Crippen molar-refractivity contribution in [2.75, 3.05) is 32.1 Å². The van der Waals surface area contributed by atoms with Gasteiger partial charge in [-0.1, -0.05) is 18.2 Å². The van der Waals surface area contributed by atoms with Crippen molar-refractivity contribution in [1.82, 2.24) is 10.6 Å². The topological polar surface area (TPSA) is 97.0 Å². The third kappa shape index (κ3) is 6.09. The summed E-state index contributed by atoms with van der Waals surface area (Å²) < 4.78 is 24.2. The van der Waals surface area contributed by atoms with Gasteiger partial charge in [0.05, 0.1) is 24.9 Å². The van der Waals surface area contributed by atoms with Gasteiger partial charge in [0.2, 0.25) is 5.91 Å². The number of anilines is 1. The molecule has 35 heavy (non-hydrogen) atoms. The van der Waals surface area contributed by atoms with Crippen LogP contribution in [-0.2, 0) is 14.3 Å². The number of hydrogen-bond acceptors (Lipinski definition) is 6. The van der Waals surface area contributed by atoms with Crippen LogP contribution in [0.1, 0.15) is 44.0 Å². The van der Waals surface area contributed by atoms with Gasteiger partial charge in [0.15, 0.2) is 0 Å². The van der Waals surface area contributed by atoms with E-state index in [0.717, 1.165) is 0 Å². The number of amides is 2. The van der Waals surface area contributed by atoms with Crippen molar-refractivity contribution in [3.63, 3.8) is 0 Å². The van der Waals surface area contributed by atoms with Crippen LogP contribution in [0.15, 0.2) is 42.5 Å². The number of halogens is 1. The highest BCUT2D eigenvalue weighted by Gasteiger charge is 2.44. The molecule has 1 aliphatic rings. The van der Waals surface area contributed by atoms with Crippen molar-refractivity contribution in [2.45, 2.75) is 44.8 Å². The Kier molecular flexibility index (Phi) is 7.67. The minimum absolute atomic E-state index is 0.120. The van der Waals surface area contributed by atoms with E-state index in [1.165, 1.54) is 26.3 Å². The number of methoxy groups -OCH3 is 1. The van der Waals surface area contributed by atoms with E-state index in [0.29, 0.717) is 36.2 Å². The second-order valence-electron chi connectivity index (χ2n) is 9.55. The van der Waals surface area contributed by atoms with E-state index in [1.54, 1.807) is 51.1 Å². The maximum absolute atomic E-state index is 13.8. The van der Waals surface area contributed by atoms with Crippen molar-refractivity contribution < 1.29 is 28.2 Å². The fraction of sp³-hybridized carbons (Fsp3) is 0.423. The lowest BCUT2D eigenvalue weighted by Gasteiger charge is -2.43. The van der Waals surface area contributed by atoms with Crippen LogP contribution >= 0.6 is 0 Å². The summed E-state index contributed by atoms with van der Waals surface area (Å²) >= 11 is 0. The van der Waals surface area contributed by atoms with Crippen molar-refractivity contribution in [1.29, 1.82) is 0 Å². The maximum Gasteiger partial charge on any atom is 0.408 e. The maximum atomic E-state index is 13.8. The van der Waals surface area contributed by atoms with E-state index in [-0.39, 0.29) is 23.8 Å². The molecule has 0 aliphatic carbocycles. The predicted octanol–water partition coefficient (Wildman–Crippen LogP) is 3.89. The zero-order valence-electron chi connectivity index (χ0n) is 20.7. The molecule has 2 aromatic rings. The molecule has 2 N–H and O–H groups in total. The molecular formula is C26H32FN3O5. The standard InChI is InChI=1S/C26H32FN3O5/c1-25(2,3)35-24(33)29-26(23(32)28-4)12-7-13-30(16-26)21-11-10-18(15-20(21)22(31)34-5)17-8-6-9-19(27)14-17/h6,8-11,14-15H,7,12-13,16H2,1-5H3,(H,28,32)(H,29,33). The van der Waals surface area contributed by atoms with Crippen LogP contribution in [0.25, 0.3) is 11.1 Å². The molecule has 1 fully saturated rings. The Morgan fingerprint density at radius 1 is 1.09 bits per heavy atom. The number of piperidine rings is 1. The van der Waals surface area contributed by atoms with Gasteiger partial charge in [0.1, 0.15) is 17.0 Å². The Hall–Kier alpha value is -3.62. The number of alkyl carbamates (subject to hydrolysis) is 1. The Morgan fingerprint density at radius 2 is 1.80 bits per heavy atom. The third-order valence-electron chi connectivity index (χ3n) is 5.79. The van der Waals surface area contributed by atoms with Crippen LogP contribution in [0.5, 0.6) is 0 Å². The SMILES string of the molecule is CNC(=O)C1(NC(=O)OC(C)(C)C)CCCN(c2ccc(-c3cccc(F)c3)cc2C(=O)OC)C1. The largest absolute Gasteiger partial charge is 0.465 e. The summed E-state index contributed by atoms with van der Waals surface area (Å²) in [7, 11) is 2.80. The molecule has 188 valence electrons. The molecule has 0 bridgehead atoms. The lowest BCUT2D eigenvalue weighted by molar-refractivity contribution is -0.127. The number of nitrogens with one attached hydrogen (secondary N) is 2. The zero-order valence-corrected chi connectivity index (χ0v) is 20.7. The van der Waals surface area contributed by atoms with Crippen molar-refractivity contribution >= 4 is 23.7 Å². The monoisotopic (exact) mass is 485 g/mol. The van der Waals surface area contributed by atoms with Crippen molar-refractivity contribution in [2.24, 2.45) is 0 Å². The first-order valence-corrected chi connectivity index (χ1v) is 11.4. The van der Waals surface area contributed by atoms with Gasteiger partial charge in [-0.2, -0.15) is 0 Å². The molecule has 0 spiro atoms. The number of benzene rings is 2. The first-order valence-electron chi connectivity index (χ1n) is 11.4. The lowest BCUT2D eigenvalue weighted by Crippen LogP contribution is -2.66. The molecule has 1 aliphatic heterocycles. The lowest BCUT2D eigenvalue weighted by atomic mass is 9.87.